The van der Waals surface area contributed by atoms with Crippen molar-refractivity contribution < 1.29 is 24.5 Å². The number of methoxy groups -OCH3 is 1. The first kappa shape index (κ1) is 14.5. The molecule has 2 N–H and O–H groups in total. The predicted molar refractivity (Wildman–Crippen MR) is 83.4 cm³/mol. The molecule has 1 aliphatic rings. The van der Waals surface area contributed by atoms with E-state index in [1.165, 1.54) is 31.4 Å². The topological polar surface area (TPSA) is 76.0 Å². The van der Waals surface area contributed by atoms with Crippen LogP contribution in [-0.2, 0) is 0 Å². The van der Waals surface area contributed by atoms with Crippen LogP contribution in [0.1, 0.15) is 15.9 Å². The average molecular weight is 363 g/mol. The Bertz CT molecular complexity index is 810. The summed E-state index contributed by atoms with van der Waals surface area (Å²) in [6.45, 7) is 0. The van der Waals surface area contributed by atoms with Crippen molar-refractivity contribution in [3.05, 3.63) is 51.7 Å². The standard InChI is InChI=1S/C16H11BrO5/c1-21-14-4-8(11(17)7-12(14)19)5-15-16(20)10-3-2-9(18)6-13(10)22-15/h2-7,18-19H,1H3. The van der Waals surface area contributed by atoms with Crippen LogP contribution in [-0.4, -0.2) is 23.1 Å². The third-order valence-electron chi connectivity index (χ3n) is 3.24. The molecule has 1 aliphatic heterocycles. The fourth-order valence-electron chi connectivity index (χ4n) is 2.15. The first-order chi connectivity index (χ1) is 10.5. The Balaban J connectivity index is 2.03. The van der Waals surface area contributed by atoms with E-state index in [0.29, 0.717) is 21.3 Å². The fraction of sp³-hybridized carbons (Fsp3) is 0.0625. The Morgan fingerprint density at radius 3 is 2.73 bits per heavy atom. The summed E-state index contributed by atoms with van der Waals surface area (Å²) >= 11 is 3.32. The summed E-state index contributed by atoms with van der Waals surface area (Å²) in [4.78, 5) is 12.3. The highest BCUT2D eigenvalue weighted by Gasteiger charge is 2.27. The number of ketones is 1. The molecule has 0 bridgehead atoms. The molecule has 0 amide bonds. The lowest BCUT2D eigenvalue weighted by Gasteiger charge is -2.07. The van der Waals surface area contributed by atoms with Crippen LogP contribution in [0.25, 0.3) is 6.08 Å². The Morgan fingerprint density at radius 1 is 1.23 bits per heavy atom. The second-order valence-electron chi connectivity index (χ2n) is 4.67. The molecule has 1 heterocycles. The summed E-state index contributed by atoms with van der Waals surface area (Å²) in [5, 5.41) is 19.1. The summed E-state index contributed by atoms with van der Waals surface area (Å²) in [6, 6.07) is 7.40. The van der Waals surface area contributed by atoms with Crippen LogP contribution in [0.5, 0.6) is 23.0 Å². The molecule has 2 aromatic rings. The van der Waals surface area contributed by atoms with E-state index in [-0.39, 0.29) is 28.8 Å². The van der Waals surface area contributed by atoms with E-state index in [2.05, 4.69) is 15.9 Å². The molecule has 3 rings (SSSR count). The summed E-state index contributed by atoms with van der Waals surface area (Å²) in [7, 11) is 1.44. The lowest BCUT2D eigenvalue weighted by atomic mass is 10.1. The van der Waals surface area contributed by atoms with Gasteiger partial charge in [0.2, 0.25) is 5.78 Å². The molecule has 112 valence electrons. The second-order valence-corrected chi connectivity index (χ2v) is 5.52. The Labute approximate surface area is 134 Å². The number of carbonyl (C=O) groups is 1. The number of Topliss-reactive ketones (excluding diaryl/α,β-unsaturated/α-hetero) is 1. The van der Waals surface area contributed by atoms with Crippen LogP contribution >= 0.6 is 15.9 Å². The number of hydrogen-bond donors (Lipinski definition) is 2. The van der Waals surface area contributed by atoms with Gasteiger partial charge < -0.3 is 19.7 Å². The molecule has 0 atom stereocenters. The number of fused-ring (bicyclic) bond motifs is 1. The normalized spacial score (nSPS) is 14.8. The van der Waals surface area contributed by atoms with E-state index in [1.807, 2.05) is 0 Å². The zero-order chi connectivity index (χ0) is 15.9. The quantitative estimate of drug-likeness (QED) is 0.799. The molecule has 6 heteroatoms. The van der Waals surface area contributed by atoms with Gasteiger partial charge in [0, 0.05) is 10.5 Å². The number of phenolic OH excluding ortho intramolecular Hbond substituents is 2. The van der Waals surface area contributed by atoms with Gasteiger partial charge in [-0.25, -0.2) is 0 Å². The van der Waals surface area contributed by atoms with Crippen molar-refractivity contribution >= 4 is 27.8 Å². The maximum Gasteiger partial charge on any atom is 0.231 e. The lowest BCUT2D eigenvalue weighted by Crippen LogP contribution is -1.98. The fourth-order valence-corrected chi connectivity index (χ4v) is 2.60. The van der Waals surface area contributed by atoms with Gasteiger partial charge in [0.25, 0.3) is 0 Å². The minimum absolute atomic E-state index is 0.0107. The zero-order valence-corrected chi connectivity index (χ0v) is 13.0. The van der Waals surface area contributed by atoms with Gasteiger partial charge in [-0.3, -0.25) is 4.79 Å². The summed E-state index contributed by atoms with van der Waals surface area (Å²) in [6.07, 6.45) is 1.55. The Hall–Kier alpha value is -2.47. The van der Waals surface area contributed by atoms with Crippen molar-refractivity contribution in [2.75, 3.05) is 7.11 Å². The van der Waals surface area contributed by atoms with Crippen LogP contribution in [0.2, 0.25) is 0 Å². The number of hydrogen-bond acceptors (Lipinski definition) is 5. The van der Waals surface area contributed by atoms with Crippen molar-refractivity contribution in [1.29, 1.82) is 0 Å². The second kappa shape index (κ2) is 5.38. The van der Waals surface area contributed by atoms with Crippen LogP contribution in [0.15, 0.2) is 40.6 Å². The molecule has 0 aliphatic carbocycles. The highest BCUT2D eigenvalue weighted by molar-refractivity contribution is 9.10. The molecule has 0 saturated heterocycles. The maximum absolute atomic E-state index is 12.3. The Kier molecular flexibility index (Phi) is 3.54. The van der Waals surface area contributed by atoms with E-state index in [4.69, 9.17) is 9.47 Å². The zero-order valence-electron chi connectivity index (χ0n) is 11.5. The number of benzene rings is 2. The minimum Gasteiger partial charge on any atom is -0.508 e. The average Bonchev–Trinajstić information content (AvgIpc) is 2.77. The molecule has 5 nitrogen and oxygen atoms in total. The highest BCUT2D eigenvalue weighted by Crippen LogP contribution is 2.37. The molecule has 0 spiro atoms. The van der Waals surface area contributed by atoms with Crippen LogP contribution in [0.3, 0.4) is 0 Å². The first-order valence-corrected chi connectivity index (χ1v) is 7.12. The van der Waals surface area contributed by atoms with E-state index in [0.717, 1.165) is 0 Å². The van der Waals surface area contributed by atoms with Gasteiger partial charge in [-0.05, 0) is 35.9 Å². The van der Waals surface area contributed by atoms with Gasteiger partial charge in [0.1, 0.15) is 11.5 Å². The number of aromatic hydroxyl groups is 2. The Morgan fingerprint density at radius 2 is 2.00 bits per heavy atom. The monoisotopic (exact) mass is 362 g/mol. The molecule has 0 radical (unpaired) electrons. The molecule has 0 saturated carbocycles. The molecule has 2 aromatic carbocycles. The van der Waals surface area contributed by atoms with Gasteiger partial charge in [0.15, 0.2) is 17.3 Å². The predicted octanol–water partition coefficient (Wildman–Crippen LogP) is 3.49. The van der Waals surface area contributed by atoms with Crippen molar-refractivity contribution in [2.24, 2.45) is 0 Å². The van der Waals surface area contributed by atoms with Crippen molar-refractivity contribution in [1.82, 2.24) is 0 Å². The van der Waals surface area contributed by atoms with Gasteiger partial charge in [-0.15, -0.1) is 0 Å². The first-order valence-electron chi connectivity index (χ1n) is 6.33. The van der Waals surface area contributed by atoms with Gasteiger partial charge in [-0.1, -0.05) is 15.9 Å². The summed E-state index contributed by atoms with van der Waals surface area (Å²) in [5.74, 6) is 0.487. The van der Waals surface area contributed by atoms with Crippen molar-refractivity contribution in [3.8, 4) is 23.0 Å². The lowest BCUT2D eigenvalue weighted by molar-refractivity contribution is 0.101. The third-order valence-corrected chi connectivity index (χ3v) is 3.93. The van der Waals surface area contributed by atoms with Crippen LogP contribution in [0.4, 0.5) is 0 Å². The van der Waals surface area contributed by atoms with Crippen LogP contribution < -0.4 is 9.47 Å². The molecule has 0 fully saturated rings. The van der Waals surface area contributed by atoms with E-state index < -0.39 is 0 Å². The number of phenols is 2. The third kappa shape index (κ3) is 2.42. The summed E-state index contributed by atoms with van der Waals surface area (Å²) < 4.78 is 11.1. The maximum atomic E-state index is 12.3. The van der Waals surface area contributed by atoms with E-state index in [9.17, 15) is 15.0 Å². The van der Waals surface area contributed by atoms with Gasteiger partial charge in [-0.2, -0.15) is 0 Å². The molecule has 0 unspecified atom stereocenters. The SMILES string of the molecule is COc1cc(C=C2Oc3cc(O)ccc3C2=O)c(Br)cc1O. The number of rotatable bonds is 2. The summed E-state index contributed by atoms with van der Waals surface area (Å²) in [5.41, 5.74) is 1.01. The number of carbonyl (C=O) groups excluding carboxylic acids is 1. The smallest absolute Gasteiger partial charge is 0.231 e. The largest absolute Gasteiger partial charge is 0.508 e. The molecular weight excluding hydrogens is 352 g/mol. The van der Waals surface area contributed by atoms with Crippen molar-refractivity contribution in [3.63, 3.8) is 0 Å². The van der Waals surface area contributed by atoms with E-state index >= 15 is 0 Å². The van der Waals surface area contributed by atoms with Crippen LogP contribution in [0, 0.1) is 0 Å². The van der Waals surface area contributed by atoms with Gasteiger partial charge in [0.05, 0.1) is 12.7 Å². The number of ether oxygens (including phenoxy) is 2. The van der Waals surface area contributed by atoms with Crippen molar-refractivity contribution in [2.45, 2.75) is 0 Å². The number of halogens is 1. The minimum atomic E-state index is -0.269. The van der Waals surface area contributed by atoms with Gasteiger partial charge >= 0.3 is 0 Å². The highest BCUT2D eigenvalue weighted by atomic mass is 79.9. The van der Waals surface area contributed by atoms with E-state index in [1.54, 1.807) is 12.1 Å². The molecule has 22 heavy (non-hydrogen) atoms. The molecular formula is C16H11BrO5. The molecule has 0 aromatic heterocycles. The number of allylic oxidation sites excluding steroid dienone is 1.